The fourth-order valence-corrected chi connectivity index (χ4v) is 12.5. The van der Waals surface area contributed by atoms with Gasteiger partial charge in [0.05, 0.1) is 12.1 Å². The first-order valence-electron chi connectivity index (χ1n) is 26.9. The highest BCUT2D eigenvalue weighted by atomic mass is 33.1. The molecule has 0 aliphatic carbocycles. The van der Waals surface area contributed by atoms with Crippen LogP contribution in [0, 0.1) is 29.6 Å². The van der Waals surface area contributed by atoms with E-state index in [1.165, 1.54) is 33.4 Å². The number of ether oxygens (including phenoxy) is 2. The lowest BCUT2D eigenvalue weighted by molar-refractivity contribution is -0.162. The topological polar surface area (TPSA) is 245 Å². The molecule has 8 atom stereocenters. The molecule has 21 heteroatoms. The molecule has 0 radical (unpaired) electrons. The summed E-state index contributed by atoms with van der Waals surface area (Å²) in [5.74, 6) is -2.37. The molecule has 0 saturated carbocycles. The van der Waals surface area contributed by atoms with Crippen molar-refractivity contribution < 1.29 is 52.9 Å². The second-order valence-corrected chi connectivity index (χ2v) is 24.9. The zero-order valence-electron chi connectivity index (χ0n) is 46.2. The first kappa shape index (κ1) is 66.2. The molecule has 1 aromatic heterocycles. The van der Waals surface area contributed by atoms with E-state index < -0.39 is 53.9 Å². The van der Waals surface area contributed by atoms with E-state index in [1.54, 1.807) is 29.6 Å². The van der Waals surface area contributed by atoms with E-state index in [2.05, 4.69) is 24.0 Å². The van der Waals surface area contributed by atoms with Crippen LogP contribution in [-0.2, 0) is 49.5 Å². The largest absolute Gasteiger partial charge is 0.508 e. The molecule has 1 saturated heterocycles. The van der Waals surface area contributed by atoms with E-state index in [0.29, 0.717) is 55.0 Å². The molecule has 1 fully saturated rings. The number of carbonyl (C=O) groups is 8. The van der Waals surface area contributed by atoms with Crippen molar-refractivity contribution in [1.29, 1.82) is 0 Å². The Bertz CT molecular complexity index is 2210. The number of thiazole rings is 1. The number of hydrogen-bond donors (Lipinski definition) is 3. The van der Waals surface area contributed by atoms with Crippen LogP contribution in [0.4, 0.5) is 0 Å². The molecule has 424 valence electrons. The number of phenolic OH excluding ortho intramolecular Hbond substituents is 1. The molecule has 1 unspecified atom stereocenters. The van der Waals surface area contributed by atoms with Gasteiger partial charge in [-0.3, -0.25) is 48.0 Å². The van der Waals surface area contributed by atoms with Gasteiger partial charge >= 0.3 is 11.9 Å². The van der Waals surface area contributed by atoms with Gasteiger partial charge in [-0.05, 0) is 96.6 Å². The van der Waals surface area contributed by atoms with Crippen molar-refractivity contribution in [1.82, 2.24) is 20.1 Å². The van der Waals surface area contributed by atoms with E-state index in [0.717, 1.165) is 42.7 Å². The molecule has 2 heterocycles. The summed E-state index contributed by atoms with van der Waals surface area (Å²) in [4.78, 5) is 115. The maximum absolute atomic E-state index is 15.0. The van der Waals surface area contributed by atoms with Crippen LogP contribution in [0.1, 0.15) is 166 Å². The predicted octanol–water partition coefficient (Wildman–Crippen LogP) is 9.41. The van der Waals surface area contributed by atoms with Gasteiger partial charge in [-0.25, -0.2) is 4.98 Å². The number of hydrogen-bond acceptors (Lipinski definition) is 18. The molecular formula is C55H85N6O11PS3. The number of ketones is 4. The van der Waals surface area contributed by atoms with Gasteiger partial charge in [-0.2, -0.15) is 0 Å². The maximum Gasteiger partial charge on any atom is 0.307 e. The van der Waals surface area contributed by atoms with Crippen molar-refractivity contribution in [3.8, 4) is 5.75 Å². The molecule has 0 spiro atoms. The zero-order chi connectivity index (χ0) is 56.5. The van der Waals surface area contributed by atoms with E-state index >= 15 is 4.79 Å². The van der Waals surface area contributed by atoms with Crippen molar-refractivity contribution >= 4 is 88.8 Å². The van der Waals surface area contributed by atoms with Crippen LogP contribution in [0.2, 0.25) is 0 Å². The van der Waals surface area contributed by atoms with E-state index in [1.807, 2.05) is 55.5 Å². The summed E-state index contributed by atoms with van der Waals surface area (Å²) >= 11 is 1.13. The molecule has 1 aliphatic heterocycles. The second-order valence-electron chi connectivity index (χ2n) is 21.1. The summed E-state index contributed by atoms with van der Waals surface area (Å²) in [7, 11) is 7.88. The van der Waals surface area contributed by atoms with E-state index in [9.17, 15) is 38.7 Å². The number of nitrogens with two attached hydrogens (primary N) is 1. The van der Waals surface area contributed by atoms with Crippen LogP contribution in [0.5, 0.6) is 5.75 Å². The number of aromatic hydroxyl groups is 1. The van der Waals surface area contributed by atoms with Gasteiger partial charge in [0, 0.05) is 86.3 Å². The van der Waals surface area contributed by atoms with Gasteiger partial charge in [0.1, 0.15) is 34.6 Å². The summed E-state index contributed by atoms with van der Waals surface area (Å²) in [5, 5.41) is 15.0. The number of amides is 2. The van der Waals surface area contributed by atoms with Crippen LogP contribution in [0.15, 0.2) is 34.4 Å². The number of rotatable bonds is 37. The SMILES string of the molecule is CCC(C)[C@H](CC(=O)[C@H]1CCCCN1C)C(=O)N(COC(=O)CC(C)C)[C@H](C[C@@H](OC(C)=O)c1nc(C(=O)N[C@@H](Cc2ccc(O)cc2)C[C@H](C)C(=O)CCCSSC[C@@H](N)C(=O)CCCC(=O)CN=P)cs1)C(C)C. The minimum Gasteiger partial charge on any atom is -0.508 e. The third-order valence-corrected chi connectivity index (χ3v) is 17.5. The minimum atomic E-state index is -1.01. The smallest absolute Gasteiger partial charge is 0.307 e. The molecule has 0 bridgehead atoms. The summed E-state index contributed by atoms with van der Waals surface area (Å²) in [6.45, 7) is 15.2. The Morgan fingerprint density at radius 1 is 0.961 bits per heavy atom. The average molecular weight is 1130 g/mol. The number of piperidine rings is 1. The number of Topliss-reactive ketones (excluding diaryl/α,β-unsaturated/α-hetero) is 4. The van der Waals surface area contributed by atoms with Gasteiger partial charge in [0.2, 0.25) is 5.91 Å². The number of nitrogens with zero attached hydrogens (tertiary/aromatic N) is 4. The molecule has 17 nitrogen and oxygen atoms in total. The van der Waals surface area contributed by atoms with Crippen LogP contribution in [-0.4, -0.2) is 129 Å². The summed E-state index contributed by atoms with van der Waals surface area (Å²) in [5.41, 5.74) is 6.98. The number of phenols is 1. The Kier molecular flexibility index (Phi) is 30.3. The lowest BCUT2D eigenvalue weighted by atomic mass is 9.82. The zero-order valence-corrected chi connectivity index (χ0v) is 49.7. The van der Waals surface area contributed by atoms with E-state index in [-0.39, 0.29) is 110 Å². The third kappa shape index (κ3) is 23.5. The van der Waals surface area contributed by atoms with Crippen LogP contribution in [0.3, 0.4) is 0 Å². The Balaban J connectivity index is 1.79. The lowest BCUT2D eigenvalue weighted by Gasteiger charge is -2.39. The standard InChI is InChI=1S/C55H85N6O11PS3/c1-10-36(6)43(28-50(67)46-16-11-12-23-60(46)9)55(70)61(33-71-52(68)25-34(2)3)47(35(4)5)29-51(72-38(8)62)54-59-45(32-74-54)53(69)58-40(27-39-19-21-41(63)22-20-39)26-37(7)48(65)18-14-24-75-76-31-44(56)49(66)17-13-15-42(64)30-57-73/h19-22,32,34-37,40,43-44,46-47,51,63,73H,10-18,23-31,33,56H2,1-9H3,(H,58,69)/t36?,37-,40+,43-,44+,46+,47+,51+/m0/s1. The number of carbonyl (C=O) groups excluding carboxylic acids is 8. The molecule has 1 aromatic carbocycles. The Morgan fingerprint density at radius 2 is 1.66 bits per heavy atom. The highest BCUT2D eigenvalue weighted by molar-refractivity contribution is 8.76. The first-order chi connectivity index (χ1) is 36.0. The normalized spacial score (nSPS) is 16.7. The second kappa shape index (κ2) is 34.7. The van der Waals surface area contributed by atoms with Crippen molar-refractivity contribution in [2.45, 2.75) is 176 Å². The van der Waals surface area contributed by atoms with Gasteiger partial charge in [0.25, 0.3) is 5.91 Å². The Labute approximate surface area is 465 Å². The van der Waals surface area contributed by atoms with Crippen LogP contribution in [0.25, 0.3) is 0 Å². The number of aromatic nitrogens is 1. The number of likely N-dealkylation sites (tertiary alicyclic amines) is 1. The number of nitrogens with one attached hydrogen (secondary N) is 1. The predicted molar refractivity (Wildman–Crippen MR) is 303 cm³/mol. The fourth-order valence-electron chi connectivity index (χ4n) is 9.20. The average Bonchev–Trinajstić information content (AvgIpc) is 3.87. The molecule has 1 aliphatic rings. The third-order valence-electron chi connectivity index (χ3n) is 13.9. The minimum absolute atomic E-state index is 0.00764. The molecule has 2 amide bonds. The molecule has 76 heavy (non-hydrogen) atoms. The molecular weight excluding hydrogens is 1050 g/mol. The Morgan fingerprint density at radius 3 is 2.29 bits per heavy atom. The summed E-state index contributed by atoms with van der Waals surface area (Å²) in [6.07, 6.45) is 5.06. The quantitative estimate of drug-likeness (QED) is 0.0187. The monoisotopic (exact) mass is 1130 g/mol. The summed E-state index contributed by atoms with van der Waals surface area (Å²) in [6, 6.07) is 4.53. The first-order valence-corrected chi connectivity index (χ1v) is 30.7. The van der Waals surface area contributed by atoms with Gasteiger partial charge in [-0.15, -0.1) is 11.3 Å². The van der Waals surface area contributed by atoms with Crippen molar-refractivity contribution in [2.24, 2.45) is 40.1 Å². The highest BCUT2D eigenvalue weighted by Crippen LogP contribution is 2.34. The van der Waals surface area contributed by atoms with Gasteiger partial charge in [-0.1, -0.05) is 95.0 Å². The van der Waals surface area contributed by atoms with Crippen molar-refractivity contribution in [2.75, 3.05) is 38.4 Å². The van der Waals surface area contributed by atoms with Crippen molar-refractivity contribution in [3.63, 3.8) is 0 Å². The highest BCUT2D eigenvalue weighted by Gasteiger charge is 2.40. The summed E-state index contributed by atoms with van der Waals surface area (Å²) < 4.78 is 15.4. The molecule has 2 aromatic rings. The fraction of sp³-hybridized carbons (Fsp3) is 0.691. The maximum atomic E-state index is 15.0. The van der Waals surface area contributed by atoms with Crippen LogP contribution >= 0.6 is 42.0 Å². The van der Waals surface area contributed by atoms with Crippen molar-refractivity contribution in [3.05, 3.63) is 45.9 Å². The molecule has 4 N–H and O–H groups in total. The van der Waals surface area contributed by atoms with Gasteiger partial charge in [0.15, 0.2) is 24.4 Å². The number of esters is 2. The van der Waals surface area contributed by atoms with Crippen LogP contribution < -0.4 is 11.1 Å². The number of benzene rings is 1. The molecule has 3 rings (SSSR count). The number of likely N-dealkylation sites (N-methyl/N-ethyl adjacent to an activating group) is 1. The Hall–Kier alpha value is -4.07. The van der Waals surface area contributed by atoms with Gasteiger partial charge < -0.3 is 30.5 Å². The van der Waals surface area contributed by atoms with E-state index in [4.69, 9.17) is 20.2 Å². The lowest BCUT2D eigenvalue weighted by Crippen LogP contribution is -2.50.